The molecule has 0 aliphatic heterocycles. The molecule has 0 aliphatic rings. The van der Waals surface area contributed by atoms with Crippen LogP contribution >= 0.6 is 0 Å². The standard InChI is InChI=1S/C15H16N4O2/c1-10-6-7-12(17-11(2)20)9-13(10)18-15(21)19-14-5-3-4-8-16-14/h3-9H,1-2H3,(H,17,20)(H2,16,18,19,21). The maximum atomic E-state index is 11.9. The summed E-state index contributed by atoms with van der Waals surface area (Å²) in [6, 6.07) is 10.2. The summed E-state index contributed by atoms with van der Waals surface area (Å²) in [7, 11) is 0. The third-order valence-corrected chi connectivity index (χ3v) is 2.71. The summed E-state index contributed by atoms with van der Waals surface area (Å²) >= 11 is 0. The summed E-state index contributed by atoms with van der Waals surface area (Å²) in [5.74, 6) is 0.299. The first kappa shape index (κ1) is 14.5. The number of aryl methyl sites for hydroxylation is 1. The first-order valence-electron chi connectivity index (χ1n) is 6.42. The molecule has 6 nitrogen and oxygen atoms in total. The highest BCUT2D eigenvalue weighted by atomic mass is 16.2. The molecule has 0 spiro atoms. The molecule has 6 heteroatoms. The number of carbonyl (C=O) groups is 2. The average Bonchev–Trinajstić information content (AvgIpc) is 2.43. The zero-order chi connectivity index (χ0) is 15.2. The van der Waals surface area contributed by atoms with Gasteiger partial charge in [-0.15, -0.1) is 0 Å². The maximum absolute atomic E-state index is 11.9. The van der Waals surface area contributed by atoms with Crippen LogP contribution in [0.1, 0.15) is 12.5 Å². The van der Waals surface area contributed by atoms with Crippen LogP contribution in [-0.4, -0.2) is 16.9 Å². The number of urea groups is 1. The molecule has 21 heavy (non-hydrogen) atoms. The summed E-state index contributed by atoms with van der Waals surface area (Å²) in [4.78, 5) is 27.0. The van der Waals surface area contributed by atoms with Gasteiger partial charge in [0.1, 0.15) is 5.82 Å². The number of rotatable bonds is 3. The summed E-state index contributed by atoms with van der Waals surface area (Å²) in [5.41, 5.74) is 2.14. The molecule has 0 saturated heterocycles. The molecule has 2 rings (SSSR count). The predicted octanol–water partition coefficient (Wildman–Crippen LogP) is 2.99. The second kappa shape index (κ2) is 6.51. The van der Waals surface area contributed by atoms with E-state index in [1.807, 2.05) is 13.0 Å². The zero-order valence-electron chi connectivity index (χ0n) is 11.8. The van der Waals surface area contributed by atoms with E-state index in [1.165, 1.54) is 6.92 Å². The molecule has 1 heterocycles. The SMILES string of the molecule is CC(=O)Nc1ccc(C)c(NC(=O)Nc2ccccn2)c1. The highest BCUT2D eigenvalue weighted by molar-refractivity contribution is 6.00. The van der Waals surface area contributed by atoms with Crippen molar-refractivity contribution in [3.8, 4) is 0 Å². The van der Waals surface area contributed by atoms with Gasteiger partial charge in [-0.3, -0.25) is 10.1 Å². The molecular weight excluding hydrogens is 268 g/mol. The number of carbonyl (C=O) groups excluding carboxylic acids is 2. The Morgan fingerprint density at radius 1 is 1.05 bits per heavy atom. The molecule has 0 bridgehead atoms. The van der Waals surface area contributed by atoms with Gasteiger partial charge in [-0.05, 0) is 36.8 Å². The molecule has 0 fully saturated rings. The molecule has 0 saturated carbocycles. The van der Waals surface area contributed by atoms with E-state index in [0.29, 0.717) is 17.2 Å². The van der Waals surface area contributed by atoms with Crippen LogP contribution in [0.4, 0.5) is 22.0 Å². The van der Waals surface area contributed by atoms with Crippen molar-refractivity contribution in [3.63, 3.8) is 0 Å². The normalized spacial score (nSPS) is 9.81. The van der Waals surface area contributed by atoms with Crippen LogP contribution in [0.5, 0.6) is 0 Å². The fourth-order valence-corrected chi connectivity index (χ4v) is 1.74. The molecule has 108 valence electrons. The fourth-order valence-electron chi connectivity index (χ4n) is 1.74. The number of nitrogens with one attached hydrogen (secondary N) is 3. The molecule has 0 aliphatic carbocycles. The molecule has 0 unspecified atom stereocenters. The topological polar surface area (TPSA) is 83.1 Å². The highest BCUT2D eigenvalue weighted by Crippen LogP contribution is 2.20. The summed E-state index contributed by atoms with van der Waals surface area (Å²) in [5, 5.41) is 8.03. The Labute approximate surface area is 122 Å². The van der Waals surface area contributed by atoms with Crippen molar-refractivity contribution < 1.29 is 9.59 Å². The van der Waals surface area contributed by atoms with E-state index >= 15 is 0 Å². The van der Waals surface area contributed by atoms with E-state index in [9.17, 15) is 9.59 Å². The fraction of sp³-hybridized carbons (Fsp3) is 0.133. The maximum Gasteiger partial charge on any atom is 0.324 e. The molecular formula is C15H16N4O2. The lowest BCUT2D eigenvalue weighted by molar-refractivity contribution is -0.114. The largest absolute Gasteiger partial charge is 0.326 e. The Bertz CT molecular complexity index is 656. The van der Waals surface area contributed by atoms with Gasteiger partial charge in [-0.2, -0.15) is 0 Å². The molecule has 0 atom stereocenters. The van der Waals surface area contributed by atoms with Crippen LogP contribution in [0.25, 0.3) is 0 Å². The van der Waals surface area contributed by atoms with Crippen molar-refractivity contribution in [3.05, 3.63) is 48.2 Å². The Kier molecular flexibility index (Phi) is 4.50. The van der Waals surface area contributed by atoms with Crippen molar-refractivity contribution in [2.24, 2.45) is 0 Å². The number of amides is 3. The Morgan fingerprint density at radius 2 is 1.86 bits per heavy atom. The third-order valence-electron chi connectivity index (χ3n) is 2.71. The number of nitrogens with zero attached hydrogens (tertiary/aromatic N) is 1. The van der Waals surface area contributed by atoms with Gasteiger partial charge in [0.05, 0.1) is 0 Å². The van der Waals surface area contributed by atoms with Gasteiger partial charge in [0, 0.05) is 24.5 Å². The van der Waals surface area contributed by atoms with Crippen LogP contribution in [0.3, 0.4) is 0 Å². The van der Waals surface area contributed by atoms with E-state index in [1.54, 1.807) is 36.5 Å². The minimum atomic E-state index is -0.392. The van der Waals surface area contributed by atoms with Crippen LogP contribution in [0, 0.1) is 6.92 Å². The third kappa shape index (κ3) is 4.31. The van der Waals surface area contributed by atoms with E-state index in [0.717, 1.165) is 5.56 Å². The van der Waals surface area contributed by atoms with Crippen LogP contribution in [0.2, 0.25) is 0 Å². The second-order valence-corrected chi connectivity index (χ2v) is 4.50. The monoisotopic (exact) mass is 284 g/mol. The number of hydrogen-bond donors (Lipinski definition) is 3. The number of benzene rings is 1. The van der Waals surface area contributed by atoms with Gasteiger partial charge < -0.3 is 10.6 Å². The lowest BCUT2D eigenvalue weighted by Crippen LogP contribution is -2.20. The summed E-state index contributed by atoms with van der Waals surface area (Å²) < 4.78 is 0. The van der Waals surface area contributed by atoms with Crippen molar-refractivity contribution in [1.82, 2.24) is 4.98 Å². The minimum absolute atomic E-state index is 0.164. The van der Waals surface area contributed by atoms with Gasteiger partial charge in [0.15, 0.2) is 0 Å². The van der Waals surface area contributed by atoms with Gasteiger partial charge in [-0.1, -0.05) is 12.1 Å². The van der Waals surface area contributed by atoms with E-state index < -0.39 is 6.03 Å². The Balaban J connectivity index is 2.07. The van der Waals surface area contributed by atoms with E-state index in [4.69, 9.17) is 0 Å². The van der Waals surface area contributed by atoms with Crippen molar-refractivity contribution >= 4 is 29.1 Å². The first-order valence-corrected chi connectivity index (χ1v) is 6.42. The quantitative estimate of drug-likeness (QED) is 0.810. The zero-order valence-corrected chi connectivity index (χ0v) is 11.8. The predicted molar refractivity (Wildman–Crippen MR) is 82.4 cm³/mol. The first-order chi connectivity index (χ1) is 10.0. The average molecular weight is 284 g/mol. The lowest BCUT2D eigenvalue weighted by Gasteiger charge is -2.11. The van der Waals surface area contributed by atoms with E-state index in [-0.39, 0.29) is 5.91 Å². The van der Waals surface area contributed by atoms with Crippen molar-refractivity contribution in [1.29, 1.82) is 0 Å². The molecule has 1 aromatic heterocycles. The Morgan fingerprint density at radius 3 is 2.52 bits per heavy atom. The molecule has 3 N–H and O–H groups in total. The summed E-state index contributed by atoms with van der Waals surface area (Å²) in [6.07, 6.45) is 1.60. The number of anilines is 3. The van der Waals surface area contributed by atoms with Gasteiger partial charge in [0.2, 0.25) is 5.91 Å². The molecule has 1 aromatic carbocycles. The van der Waals surface area contributed by atoms with Gasteiger partial charge in [-0.25, -0.2) is 9.78 Å². The highest BCUT2D eigenvalue weighted by Gasteiger charge is 2.07. The number of pyridine rings is 1. The van der Waals surface area contributed by atoms with Crippen molar-refractivity contribution in [2.75, 3.05) is 16.0 Å². The van der Waals surface area contributed by atoms with Gasteiger partial charge in [0.25, 0.3) is 0 Å². The molecule has 0 radical (unpaired) electrons. The summed E-state index contributed by atoms with van der Waals surface area (Å²) in [6.45, 7) is 3.30. The van der Waals surface area contributed by atoms with Crippen molar-refractivity contribution in [2.45, 2.75) is 13.8 Å². The van der Waals surface area contributed by atoms with Crippen LogP contribution in [0.15, 0.2) is 42.6 Å². The van der Waals surface area contributed by atoms with Crippen LogP contribution in [-0.2, 0) is 4.79 Å². The Hall–Kier alpha value is -2.89. The molecule has 3 amide bonds. The van der Waals surface area contributed by atoms with Gasteiger partial charge >= 0.3 is 6.03 Å². The lowest BCUT2D eigenvalue weighted by atomic mass is 10.2. The minimum Gasteiger partial charge on any atom is -0.326 e. The smallest absolute Gasteiger partial charge is 0.324 e. The van der Waals surface area contributed by atoms with E-state index in [2.05, 4.69) is 20.9 Å². The van der Waals surface area contributed by atoms with Crippen LogP contribution < -0.4 is 16.0 Å². The number of aromatic nitrogens is 1. The number of hydrogen-bond acceptors (Lipinski definition) is 3. The molecule has 2 aromatic rings. The second-order valence-electron chi connectivity index (χ2n) is 4.50.